The van der Waals surface area contributed by atoms with Crippen molar-refractivity contribution in [3.8, 4) is 0 Å². The second-order valence-corrected chi connectivity index (χ2v) is 8.35. The third-order valence-electron chi connectivity index (χ3n) is 3.59. The quantitative estimate of drug-likeness (QED) is 0.876. The van der Waals surface area contributed by atoms with Crippen LogP contribution < -0.4 is 5.32 Å². The van der Waals surface area contributed by atoms with Crippen LogP contribution in [0.4, 0.5) is 0 Å². The molecule has 0 amide bonds. The smallest absolute Gasteiger partial charge is 0.215 e. The lowest BCUT2D eigenvalue weighted by Gasteiger charge is -2.26. The molecule has 0 bridgehead atoms. The van der Waals surface area contributed by atoms with Gasteiger partial charge in [-0.2, -0.15) is 0 Å². The van der Waals surface area contributed by atoms with Gasteiger partial charge in [-0.05, 0) is 37.1 Å². The zero-order valence-corrected chi connectivity index (χ0v) is 14.1. The normalized spacial score (nSPS) is 20.2. The maximum atomic E-state index is 12.4. The van der Waals surface area contributed by atoms with E-state index in [0.717, 1.165) is 35.8 Å². The maximum Gasteiger partial charge on any atom is 0.215 e. The third kappa shape index (κ3) is 4.55. The van der Waals surface area contributed by atoms with E-state index in [1.807, 2.05) is 24.3 Å². The first-order chi connectivity index (χ1) is 9.47. The van der Waals surface area contributed by atoms with Crippen LogP contribution >= 0.6 is 15.9 Å². The van der Waals surface area contributed by atoms with Crippen LogP contribution in [0.5, 0.6) is 0 Å². The summed E-state index contributed by atoms with van der Waals surface area (Å²) in [6.07, 6.45) is 3.21. The second kappa shape index (κ2) is 7.02. The number of nitrogens with one attached hydrogen (secondary N) is 1. The maximum absolute atomic E-state index is 12.4. The Morgan fingerprint density at radius 2 is 2.20 bits per heavy atom. The first-order valence-electron chi connectivity index (χ1n) is 6.89. The summed E-state index contributed by atoms with van der Waals surface area (Å²) in [7, 11) is -1.56. The molecule has 0 saturated carbocycles. The summed E-state index contributed by atoms with van der Waals surface area (Å²) in [5.74, 6) is 0.192. The summed E-state index contributed by atoms with van der Waals surface area (Å²) in [5.41, 5.74) is 0.988. The van der Waals surface area contributed by atoms with Gasteiger partial charge in [-0.1, -0.05) is 34.5 Å². The molecule has 1 fully saturated rings. The minimum atomic E-state index is -3.22. The Kier molecular flexibility index (Phi) is 5.60. The molecule has 0 aliphatic carbocycles. The Morgan fingerprint density at radius 1 is 1.40 bits per heavy atom. The molecule has 112 valence electrons. The van der Waals surface area contributed by atoms with Crippen LogP contribution in [0.25, 0.3) is 0 Å². The highest BCUT2D eigenvalue weighted by atomic mass is 79.9. The molecule has 2 rings (SSSR count). The van der Waals surface area contributed by atoms with E-state index in [2.05, 4.69) is 21.2 Å². The van der Waals surface area contributed by atoms with Gasteiger partial charge in [0.1, 0.15) is 0 Å². The molecule has 1 N–H and O–H groups in total. The largest absolute Gasteiger partial charge is 0.313 e. The van der Waals surface area contributed by atoms with Crippen LogP contribution in [-0.2, 0) is 16.6 Å². The van der Waals surface area contributed by atoms with Crippen LogP contribution in [0.2, 0.25) is 0 Å². The molecule has 1 aliphatic heterocycles. The van der Waals surface area contributed by atoms with Gasteiger partial charge in [0.15, 0.2) is 0 Å². The summed E-state index contributed by atoms with van der Waals surface area (Å²) in [5, 5.41) is 3.29. The molecule has 20 heavy (non-hydrogen) atoms. The number of rotatable bonds is 5. The van der Waals surface area contributed by atoms with E-state index < -0.39 is 10.0 Å². The summed E-state index contributed by atoms with van der Waals surface area (Å²) in [6, 6.07) is 7.84. The van der Waals surface area contributed by atoms with Crippen molar-refractivity contribution >= 4 is 26.0 Å². The number of hydrogen-bond donors (Lipinski definition) is 1. The van der Waals surface area contributed by atoms with Gasteiger partial charge in [-0.15, -0.1) is 0 Å². The molecule has 0 spiro atoms. The number of piperidine rings is 1. The van der Waals surface area contributed by atoms with Gasteiger partial charge in [-0.3, -0.25) is 0 Å². The molecule has 1 aromatic rings. The molecule has 1 unspecified atom stereocenters. The van der Waals surface area contributed by atoms with Crippen LogP contribution in [0.15, 0.2) is 28.7 Å². The van der Waals surface area contributed by atoms with E-state index in [4.69, 9.17) is 0 Å². The highest BCUT2D eigenvalue weighted by Crippen LogP contribution is 2.16. The Labute approximate surface area is 129 Å². The topological polar surface area (TPSA) is 49.4 Å². The average molecular weight is 361 g/mol. The van der Waals surface area contributed by atoms with Crippen molar-refractivity contribution in [2.24, 2.45) is 0 Å². The lowest BCUT2D eigenvalue weighted by Crippen LogP contribution is -2.43. The number of benzene rings is 1. The second-order valence-electron chi connectivity index (χ2n) is 5.31. The zero-order valence-electron chi connectivity index (χ0n) is 11.7. The summed E-state index contributed by atoms with van der Waals surface area (Å²) in [4.78, 5) is 0. The molecule has 0 aromatic heterocycles. The highest BCUT2D eigenvalue weighted by Gasteiger charge is 2.24. The molecule has 1 atom stereocenters. The Hall–Kier alpha value is -0.430. The highest BCUT2D eigenvalue weighted by molar-refractivity contribution is 9.10. The number of halogens is 1. The molecule has 1 saturated heterocycles. The lowest BCUT2D eigenvalue weighted by atomic mass is 10.1. The van der Waals surface area contributed by atoms with E-state index >= 15 is 0 Å². The van der Waals surface area contributed by atoms with Crippen molar-refractivity contribution in [2.45, 2.75) is 31.8 Å². The molecule has 4 nitrogen and oxygen atoms in total. The predicted molar refractivity (Wildman–Crippen MR) is 85.0 cm³/mol. The first kappa shape index (κ1) is 15.9. The van der Waals surface area contributed by atoms with Gasteiger partial charge >= 0.3 is 0 Å². The molecular weight excluding hydrogens is 340 g/mol. The van der Waals surface area contributed by atoms with Gasteiger partial charge in [0, 0.05) is 24.1 Å². The minimum Gasteiger partial charge on any atom is -0.313 e. The Balaban J connectivity index is 1.97. The SMILES string of the molecule is CN(Cc1cccc(Br)c1)S(=O)(=O)CC1CCCCN1. The van der Waals surface area contributed by atoms with E-state index in [9.17, 15) is 8.42 Å². The van der Waals surface area contributed by atoms with E-state index in [0.29, 0.717) is 6.54 Å². The van der Waals surface area contributed by atoms with Gasteiger partial charge < -0.3 is 5.32 Å². The fourth-order valence-electron chi connectivity index (χ4n) is 2.44. The third-order valence-corrected chi connectivity index (χ3v) is 5.99. The summed E-state index contributed by atoms with van der Waals surface area (Å²) in [6.45, 7) is 1.34. The minimum absolute atomic E-state index is 0.0960. The van der Waals surface area contributed by atoms with Gasteiger partial charge in [0.05, 0.1) is 5.75 Å². The Morgan fingerprint density at radius 3 is 2.85 bits per heavy atom. The van der Waals surface area contributed by atoms with Crippen molar-refractivity contribution < 1.29 is 8.42 Å². The van der Waals surface area contributed by atoms with E-state index in [-0.39, 0.29) is 11.8 Å². The van der Waals surface area contributed by atoms with Crippen LogP contribution in [0, 0.1) is 0 Å². The van der Waals surface area contributed by atoms with Crippen LogP contribution in [-0.4, -0.2) is 38.1 Å². The van der Waals surface area contributed by atoms with Crippen molar-refractivity contribution in [1.82, 2.24) is 9.62 Å². The molecule has 0 radical (unpaired) electrons. The fourth-order valence-corrected chi connectivity index (χ4v) is 4.28. The standard InChI is InChI=1S/C14H21BrN2O2S/c1-17(10-12-5-4-6-13(15)9-12)20(18,19)11-14-7-2-3-8-16-14/h4-6,9,14,16H,2-3,7-8,10-11H2,1H3. The number of sulfonamides is 1. The average Bonchev–Trinajstić information content (AvgIpc) is 2.39. The van der Waals surface area contributed by atoms with Crippen LogP contribution in [0.3, 0.4) is 0 Å². The van der Waals surface area contributed by atoms with Gasteiger partial charge in [-0.25, -0.2) is 12.7 Å². The molecule has 1 heterocycles. The zero-order chi connectivity index (χ0) is 14.6. The predicted octanol–water partition coefficient (Wildman–Crippen LogP) is 2.35. The molecule has 1 aliphatic rings. The van der Waals surface area contributed by atoms with E-state index in [1.165, 1.54) is 4.31 Å². The summed E-state index contributed by atoms with van der Waals surface area (Å²) < 4.78 is 27.1. The molecule has 1 aromatic carbocycles. The molecular formula is C14H21BrN2O2S. The fraction of sp³-hybridized carbons (Fsp3) is 0.571. The van der Waals surface area contributed by atoms with Crippen molar-refractivity contribution in [3.05, 3.63) is 34.3 Å². The molecule has 6 heteroatoms. The lowest BCUT2D eigenvalue weighted by molar-refractivity contribution is 0.408. The van der Waals surface area contributed by atoms with Gasteiger partial charge in [0.25, 0.3) is 0 Å². The van der Waals surface area contributed by atoms with Gasteiger partial charge in [0.2, 0.25) is 10.0 Å². The van der Waals surface area contributed by atoms with E-state index in [1.54, 1.807) is 7.05 Å². The Bertz CT molecular complexity index is 542. The monoisotopic (exact) mass is 360 g/mol. The van der Waals surface area contributed by atoms with Crippen molar-refractivity contribution in [1.29, 1.82) is 0 Å². The van der Waals surface area contributed by atoms with Crippen molar-refractivity contribution in [3.63, 3.8) is 0 Å². The summed E-state index contributed by atoms with van der Waals surface area (Å²) >= 11 is 3.40. The number of nitrogens with zero attached hydrogens (tertiary/aromatic N) is 1. The van der Waals surface area contributed by atoms with Crippen molar-refractivity contribution in [2.75, 3.05) is 19.3 Å². The number of hydrogen-bond acceptors (Lipinski definition) is 3. The van der Waals surface area contributed by atoms with Crippen LogP contribution in [0.1, 0.15) is 24.8 Å². The first-order valence-corrected chi connectivity index (χ1v) is 9.29.